The molecular weight excluding hydrogens is 364 g/mol. The summed E-state index contributed by atoms with van der Waals surface area (Å²) < 4.78 is 6.08. The molecule has 2 fully saturated rings. The minimum absolute atomic E-state index is 0.0319. The molecule has 0 bridgehead atoms. The smallest absolute Gasteiger partial charge is 0.254 e. The number of aryl methyl sites for hydroxylation is 3. The van der Waals surface area contributed by atoms with Crippen LogP contribution in [0.15, 0.2) is 42.5 Å². The summed E-state index contributed by atoms with van der Waals surface area (Å²) in [7, 11) is 0. The molecule has 1 unspecified atom stereocenters. The lowest BCUT2D eigenvalue weighted by Gasteiger charge is -2.47. The van der Waals surface area contributed by atoms with Gasteiger partial charge in [0.25, 0.3) is 11.8 Å². The monoisotopic (exact) mass is 392 g/mol. The topological polar surface area (TPSA) is 49.9 Å². The van der Waals surface area contributed by atoms with Gasteiger partial charge in [-0.25, -0.2) is 0 Å². The Labute approximate surface area is 172 Å². The molecular formula is C24H28N2O3. The van der Waals surface area contributed by atoms with Gasteiger partial charge in [-0.05, 0) is 56.9 Å². The van der Waals surface area contributed by atoms with Crippen LogP contribution in [0.4, 0.5) is 5.69 Å². The van der Waals surface area contributed by atoms with Gasteiger partial charge in [0.05, 0.1) is 13.1 Å². The molecule has 5 nitrogen and oxygen atoms in total. The number of morpholine rings is 1. The van der Waals surface area contributed by atoms with E-state index < -0.39 is 5.60 Å². The molecule has 2 aromatic rings. The average molecular weight is 392 g/mol. The van der Waals surface area contributed by atoms with Crippen molar-refractivity contribution in [3.8, 4) is 0 Å². The largest absolute Gasteiger partial charge is 0.361 e. The van der Waals surface area contributed by atoms with Crippen LogP contribution in [-0.2, 0) is 9.53 Å². The normalized spacial score (nSPS) is 22.2. The van der Waals surface area contributed by atoms with Gasteiger partial charge in [-0.3, -0.25) is 9.59 Å². The number of rotatable bonds is 2. The summed E-state index contributed by atoms with van der Waals surface area (Å²) in [6, 6.07) is 13.8. The number of nitrogens with zero attached hydrogens (tertiary/aromatic N) is 2. The van der Waals surface area contributed by atoms with Crippen LogP contribution in [0.1, 0.15) is 39.9 Å². The minimum Gasteiger partial charge on any atom is -0.361 e. The van der Waals surface area contributed by atoms with Gasteiger partial charge >= 0.3 is 0 Å². The molecule has 0 radical (unpaired) electrons. The Balaban J connectivity index is 1.58. The summed E-state index contributed by atoms with van der Waals surface area (Å²) in [5.41, 5.74) is 4.35. The van der Waals surface area contributed by atoms with E-state index in [1.807, 2.05) is 49.1 Å². The second-order valence-corrected chi connectivity index (χ2v) is 8.39. The molecule has 29 heavy (non-hydrogen) atoms. The van der Waals surface area contributed by atoms with E-state index in [-0.39, 0.29) is 18.4 Å². The van der Waals surface area contributed by atoms with Gasteiger partial charge < -0.3 is 14.5 Å². The molecule has 0 saturated carbocycles. The van der Waals surface area contributed by atoms with Crippen LogP contribution in [0, 0.1) is 20.8 Å². The molecule has 0 aromatic heterocycles. The van der Waals surface area contributed by atoms with Gasteiger partial charge in [-0.15, -0.1) is 0 Å². The van der Waals surface area contributed by atoms with Crippen LogP contribution in [-0.4, -0.2) is 48.6 Å². The first-order valence-electron chi connectivity index (χ1n) is 10.3. The van der Waals surface area contributed by atoms with Gasteiger partial charge in [0.1, 0.15) is 12.2 Å². The van der Waals surface area contributed by atoms with Gasteiger partial charge in [-0.1, -0.05) is 35.9 Å². The van der Waals surface area contributed by atoms with Crippen LogP contribution in [0.25, 0.3) is 0 Å². The van der Waals surface area contributed by atoms with Crippen LogP contribution < -0.4 is 4.90 Å². The molecule has 152 valence electrons. The van der Waals surface area contributed by atoms with Crippen molar-refractivity contribution in [3.63, 3.8) is 0 Å². The van der Waals surface area contributed by atoms with Gasteiger partial charge in [0, 0.05) is 17.8 Å². The first-order valence-corrected chi connectivity index (χ1v) is 10.3. The number of carbonyl (C=O) groups excluding carboxylic acids is 2. The van der Waals surface area contributed by atoms with Crippen molar-refractivity contribution in [3.05, 3.63) is 64.7 Å². The lowest BCUT2D eigenvalue weighted by molar-refractivity contribution is -0.144. The van der Waals surface area contributed by atoms with Gasteiger partial charge in [0.15, 0.2) is 0 Å². The second-order valence-electron chi connectivity index (χ2n) is 8.39. The fraction of sp³-hybridized carbons (Fsp3) is 0.417. The second kappa shape index (κ2) is 7.64. The Morgan fingerprint density at radius 1 is 1.03 bits per heavy atom. The summed E-state index contributed by atoms with van der Waals surface area (Å²) in [6.45, 7) is 7.81. The fourth-order valence-electron chi connectivity index (χ4n) is 4.75. The summed E-state index contributed by atoms with van der Waals surface area (Å²) in [5, 5.41) is 0. The molecule has 2 amide bonds. The first kappa shape index (κ1) is 19.6. The summed E-state index contributed by atoms with van der Waals surface area (Å²) in [4.78, 5) is 29.6. The number of benzene rings is 2. The lowest BCUT2D eigenvalue weighted by atomic mass is 9.89. The van der Waals surface area contributed by atoms with Crippen molar-refractivity contribution in [2.24, 2.45) is 0 Å². The van der Waals surface area contributed by atoms with Crippen molar-refractivity contribution < 1.29 is 14.3 Å². The SMILES string of the molecule is Cc1cc(C)c(C(=O)N2CCCC3(C2)CN(c2ccccc2)C(=O)CO3)c(C)c1. The molecule has 5 heteroatoms. The minimum atomic E-state index is -0.510. The molecule has 2 aromatic carbocycles. The van der Waals surface area contributed by atoms with E-state index in [0.29, 0.717) is 13.1 Å². The number of piperidine rings is 1. The Morgan fingerprint density at radius 2 is 1.72 bits per heavy atom. The maximum atomic E-state index is 13.4. The van der Waals surface area contributed by atoms with E-state index >= 15 is 0 Å². The standard InChI is InChI=1S/C24H28N2O3/c1-17-12-18(2)22(19(3)13-17)23(28)25-11-7-10-24(15-25)16-26(21(27)14-29-24)20-8-5-4-6-9-20/h4-6,8-9,12-13H,7,10-11,14-16H2,1-3H3. The van der Waals surface area contributed by atoms with Crippen molar-refractivity contribution in [1.82, 2.24) is 4.90 Å². The third kappa shape index (κ3) is 3.79. The number of ether oxygens (including phenoxy) is 1. The van der Waals surface area contributed by atoms with Crippen molar-refractivity contribution in [2.75, 3.05) is 31.1 Å². The summed E-state index contributed by atoms with van der Waals surface area (Å²) in [6.07, 6.45) is 1.71. The number of para-hydroxylation sites is 1. The van der Waals surface area contributed by atoms with E-state index in [2.05, 4.69) is 19.1 Å². The molecule has 2 heterocycles. The highest BCUT2D eigenvalue weighted by molar-refractivity contribution is 5.98. The van der Waals surface area contributed by atoms with Crippen LogP contribution in [0.5, 0.6) is 0 Å². The van der Waals surface area contributed by atoms with E-state index in [1.165, 1.54) is 5.56 Å². The van der Waals surface area contributed by atoms with E-state index in [1.54, 1.807) is 4.90 Å². The van der Waals surface area contributed by atoms with Crippen LogP contribution in [0.3, 0.4) is 0 Å². The maximum absolute atomic E-state index is 13.4. The van der Waals surface area contributed by atoms with E-state index in [9.17, 15) is 9.59 Å². The number of amides is 2. The number of likely N-dealkylation sites (tertiary alicyclic amines) is 1. The lowest BCUT2D eigenvalue weighted by Crippen LogP contribution is -2.62. The Kier molecular flexibility index (Phi) is 5.17. The van der Waals surface area contributed by atoms with Crippen molar-refractivity contribution in [2.45, 2.75) is 39.2 Å². The molecule has 1 spiro atoms. The Hall–Kier alpha value is -2.66. The molecule has 1 atom stereocenters. The molecule has 0 N–H and O–H groups in total. The molecule has 0 aliphatic carbocycles. The van der Waals surface area contributed by atoms with Crippen LogP contribution >= 0.6 is 0 Å². The van der Waals surface area contributed by atoms with E-state index in [0.717, 1.165) is 41.8 Å². The number of carbonyl (C=O) groups is 2. The van der Waals surface area contributed by atoms with Crippen LogP contribution in [0.2, 0.25) is 0 Å². The predicted octanol–water partition coefficient (Wildman–Crippen LogP) is 3.65. The van der Waals surface area contributed by atoms with E-state index in [4.69, 9.17) is 4.74 Å². The molecule has 2 aliphatic rings. The average Bonchev–Trinajstić information content (AvgIpc) is 2.70. The first-order chi connectivity index (χ1) is 13.9. The zero-order valence-corrected chi connectivity index (χ0v) is 17.4. The highest BCUT2D eigenvalue weighted by atomic mass is 16.5. The Bertz CT molecular complexity index is 917. The zero-order chi connectivity index (χ0) is 20.6. The molecule has 2 aliphatic heterocycles. The van der Waals surface area contributed by atoms with Crippen molar-refractivity contribution >= 4 is 17.5 Å². The number of hydrogen-bond acceptors (Lipinski definition) is 3. The fourth-order valence-corrected chi connectivity index (χ4v) is 4.75. The zero-order valence-electron chi connectivity index (χ0n) is 17.4. The van der Waals surface area contributed by atoms with Gasteiger partial charge in [-0.2, -0.15) is 0 Å². The van der Waals surface area contributed by atoms with Crippen molar-refractivity contribution in [1.29, 1.82) is 0 Å². The summed E-state index contributed by atoms with van der Waals surface area (Å²) >= 11 is 0. The number of hydrogen-bond donors (Lipinski definition) is 0. The van der Waals surface area contributed by atoms with Gasteiger partial charge in [0.2, 0.25) is 0 Å². The third-order valence-electron chi connectivity index (χ3n) is 6.03. The molecule has 4 rings (SSSR count). The third-order valence-corrected chi connectivity index (χ3v) is 6.03. The predicted molar refractivity (Wildman–Crippen MR) is 113 cm³/mol. The summed E-state index contributed by atoms with van der Waals surface area (Å²) in [5.74, 6) is 0.0290. The maximum Gasteiger partial charge on any atom is 0.254 e. The highest BCUT2D eigenvalue weighted by Crippen LogP contribution is 2.33. The quantitative estimate of drug-likeness (QED) is 0.784. The highest BCUT2D eigenvalue weighted by Gasteiger charge is 2.44. The Morgan fingerprint density at radius 3 is 2.41 bits per heavy atom. The molecule has 2 saturated heterocycles. The number of anilines is 1.